The Balaban J connectivity index is 2.22. The summed E-state index contributed by atoms with van der Waals surface area (Å²) >= 11 is 0. The monoisotopic (exact) mass is 202 g/mol. The molecule has 3 nitrogen and oxygen atoms in total. The van der Waals surface area contributed by atoms with Crippen molar-refractivity contribution in [1.82, 2.24) is 0 Å². The van der Waals surface area contributed by atoms with Crippen LogP contribution in [0, 0.1) is 10.6 Å². The first-order valence-electron chi connectivity index (χ1n) is 5.44. The van der Waals surface area contributed by atoms with E-state index in [1.54, 1.807) is 0 Å². The zero-order valence-corrected chi connectivity index (χ0v) is 8.97. The summed E-state index contributed by atoms with van der Waals surface area (Å²) in [6, 6.07) is 8.20. The van der Waals surface area contributed by atoms with E-state index in [1.807, 2.05) is 12.1 Å². The van der Waals surface area contributed by atoms with Crippen molar-refractivity contribution in [2.75, 3.05) is 0 Å². The van der Waals surface area contributed by atoms with Gasteiger partial charge in [0.2, 0.25) is 6.04 Å². The SMILES string of the molecule is CCC1(C)C2N=[N+]([O-])C1c1ccccc12. The van der Waals surface area contributed by atoms with E-state index in [0.29, 0.717) is 0 Å². The fourth-order valence-corrected chi connectivity index (χ4v) is 3.00. The van der Waals surface area contributed by atoms with Crippen LogP contribution in [-0.4, -0.2) is 4.86 Å². The maximum absolute atomic E-state index is 11.7. The molecule has 3 heteroatoms. The van der Waals surface area contributed by atoms with Gasteiger partial charge in [-0.15, -0.1) is 0 Å². The van der Waals surface area contributed by atoms with Gasteiger partial charge in [0.05, 0.1) is 5.41 Å². The third-order valence-corrected chi connectivity index (χ3v) is 4.05. The number of rotatable bonds is 1. The van der Waals surface area contributed by atoms with Crippen molar-refractivity contribution in [3.05, 3.63) is 40.6 Å². The lowest BCUT2D eigenvalue weighted by molar-refractivity contribution is -0.571. The first-order chi connectivity index (χ1) is 7.18. The molecule has 0 aromatic heterocycles. The smallest absolute Gasteiger partial charge is 0.223 e. The minimum atomic E-state index is -0.0660. The molecule has 3 unspecified atom stereocenters. The van der Waals surface area contributed by atoms with Crippen molar-refractivity contribution in [2.24, 2.45) is 10.5 Å². The van der Waals surface area contributed by atoms with E-state index in [4.69, 9.17) is 0 Å². The molecule has 78 valence electrons. The van der Waals surface area contributed by atoms with Crippen LogP contribution >= 0.6 is 0 Å². The highest BCUT2D eigenvalue weighted by Gasteiger charge is 2.60. The van der Waals surface area contributed by atoms with E-state index >= 15 is 0 Å². The fraction of sp³-hybridized carbons (Fsp3) is 0.500. The fourth-order valence-electron chi connectivity index (χ4n) is 3.00. The van der Waals surface area contributed by atoms with Crippen LogP contribution in [0.3, 0.4) is 0 Å². The van der Waals surface area contributed by atoms with E-state index in [0.717, 1.165) is 11.3 Å². The molecule has 3 rings (SSSR count). The molecule has 1 aliphatic heterocycles. The van der Waals surface area contributed by atoms with E-state index in [-0.39, 0.29) is 17.5 Å². The Morgan fingerprint density at radius 3 is 2.73 bits per heavy atom. The molecule has 1 aromatic carbocycles. The minimum absolute atomic E-state index is 0.00850. The van der Waals surface area contributed by atoms with Gasteiger partial charge in [0.15, 0.2) is 6.04 Å². The van der Waals surface area contributed by atoms with Crippen molar-refractivity contribution in [2.45, 2.75) is 32.4 Å². The number of hydroxylamine groups is 1. The van der Waals surface area contributed by atoms with Gasteiger partial charge in [-0.25, -0.2) is 0 Å². The molecule has 0 spiro atoms. The standard InChI is InChI=1S/C12H14N2O/c1-3-12(2)10-8-6-4-5-7-9(8)11(12)14(15)13-10/h4-7,10-11H,3H2,1-2H3. The van der Waals surface area contributed by atoms with Crippen molar-refractivity contribution >= 4 is 0 Å². The molecule has 1 aliphatic carbocycles. The zero-order chi connectivity index (χ0) is 10.6. The number of fused-ring (bicyclic) bond motifs is 5. The molecule has 1 heterocycles. The normalized spacial score (nSPS) is 36.5. The summed E-state index contributed by atoms with van der Waals surface area (Å²) in [6.07, 6.45) is 0.985. The van der Waals surface area contributed by atoms with Gasteiger partial charge in [-0.2, -0.15) is 0 Å². The predicted molar refractivity (Wildman–Crippen MR) is 56.4 cm³/mol. The molecule has 0 saturated heterocycles. The second-order valence-electron chi connectivity index (χ2n) is 4.71. The van der Waals surface area contributed by atoms with Crippen LogP contribution in [0.4, 0.5) is 0 Å². The van der Waals surface area contributed by atoms with E-state index in [2.05, 4.69) is 31.1 Å². The number of hydrogen-bond donors (Lipinski definition) is 0. The Kier molecular flexibility index (Phi) is 1.54. The second kappa shape index (κ2) is 2.60. The van der Waals surface area contributed by atoms with Crippen molar-refractivity contribution in [3.63, 3.8) is 0 Å². The van der Waals surface area contributed by atoms with Gasteiger partial charge in [0, 0.05) is 5.56 Å². The van der Waals surface area contributed by atoms with Gasteiger partial charge in [0.25, 0.3) is 0 Å². The lowest BCUT2D eigenvalue weighted by Gasteiger charge is -2.21. The Morgan fingerprint density at radius 1 is 1.40 bits per heavy atom. The molecule has 0 fully saturated rings. The number of benzene rings is 1. The minimum Gasteiger partial charge on any atom is -0.599 e. The average molecular weight is 202 g/mol. The molecular weight excluding hydrogens is 188 g/mol. The van der Waals surface area contributed by atoms with Gasteiger partial charge in [0.1, 0.15) is 0 Å². The topological polar surface area (TPSA) is 38.4 Å². The third-order valence-electron chi connectivity index (χ3n) is 4.05. The first kappa shape index (κ1) is 8.89. The summed E-state index contributed by atoms with van der Waals surface area (Å²) in [6.45, 7) is 4.31. The predicted octanol–water partition coefficient (Wildman–Crippen LogP) is 3.17. The van der Waals surface area contributed by atoms with Gasteiger partial charge in [-0.05, 0) is 17.1 Å². The number of azo groups is 1. The zero-order valence-electron chi connectivity index (χ0n) is 8.97. The molecule has 0 saturated carbocycles. The maximum atomic E-state index is 11.7. The van der Waals surface area contributed by atoms with E-state index < -0.39 is 0 Å². The van der Waals surface area contributed by atoms with E-state index in [1.165, 1.54) is 11.1 Å². The van der Waals surface area contributed by atoms with Crippen molar-refractivity contribution < 1.29 is 4.86 Å². The van der Waals surface area contributed by atoms with Gasteiger partial charge >= 0.3 is 0 Å². The summed E-state index contributed by atoms with van der Waals surface area (Å²) in [5.41, 5.74) is 2.42. The highest BCUT2D eigenvalue weighted by molar-refractivity contribution is 5.41. The molecule has 3 atom stereocenters. The van der Waals surface area contributed by atoms with Crippen LogP contribution in [-0.2, 0) is 0 Å². The highest BCUT2D eigenvalue weighted by atomic mass is 16.5. The van der Waals surface area contributed by atoms with Gasteiger partial charge < -0.3 is 5.21 Å². The molecule has 2 aliphatic rings. The van der Waals surface area contributed by atoms with Gasteiger partial charge in [-0.3, -0.25) is 0 Å². The average Bonchev–Trinajstić information content (AvgIpc) is 2.65. The molecule has 2 bridgehead atoms. The molecule has 0 N–H and O–H groups in total. The lowest BCUT2D eigenvalue weighted by Crippen LogP contribution is -2.23. The van der Waals surface area contributed by atoms with Crippen LogP contribution in [0.5, 0.6) is 0 Å². The third kappa shape index (κ3) is 0.863. The molecule has 15 heavy (non-hydrogen) atoms. The molecular formula is C12H14N2O. The Morgan fingerprint density at radius 2 is 2.07 bits per heavy atom. The molecule has 0 radical (unpaired) electrons. The summed E-state index contributed by atoms with van der Waals surface area (Å²) in [5, 5.41) is 15.9. The van der Waals surface area contributed by atoms with Crippen LogP contribution in [0.2, 0.25) is 0 Å². The Bertz CT molecular complexity index is 455. The maximum Gasteiger partial charge on any atom is 0.223 e. The summed E-state index contributed by atoms with van der Waals surface area (Å²) in [5.74, 6) is 0. The van der Waals surface area contributed by atoms with Crippen molar-refractivity contribution in [3.8, 4) is 0 Å². The van der Waals surface area contributed by atoms with E-state index in [9.17, 15) is 5.21 Å². The van der Waals surface area contributed by atoms with Crippen LogP contribution in [0.1, 0.15) is 43.5 Å². The molecule has 0 amide bonds. The highest BCUT2D eigenvalue weighted by Crippen LogP contribution is 2.61. The summed E-state index contributed by atoms with van der Waals surface area (Å²) in [4.78, 5) is 0.913. The van der Waals surface area contributed by atoms with Crippen LogP contribution < -0.4 is 0 Å². The van der Waals surface area contributed by atoms with Crippen molar-refractivity contribution in [1.29, 1.82) is 0 Å². The number of hydrogen-bond acceptors (Lipinski definition) is 2. The summed E-state index contributed by atoms with van der Waals surface area (Å²) < 4.78 is 0. The number of nitrogens with zero attached hydrogens (tertiary/aromatic N) is 2. The van der Waals surface area contributed by atoms with Gasteiger partial charge in [-0.1, -0.05) is 43.0 Å². The van der Waals surface area contributed by atoms with Crippen LogP contribution in [0.15, 0.2) is 29.4 Å². The second-order valence-corrected chi connectivity index (χ2v) is 4.71. The first-order valence-corrected chi connectivity index (χ1v) is 5.44. The van der Waals surface area contributed by atoms with Crippen LogP contribution in [0.25, 0.3) is 0 Å². The largest absolute Gasteiger partial charge is 0.599 e. The quantitative estimate of drug-likeness (QED) is 0.509. The lowest BCUT2D eigenvalue weighted by atomic mass is 9.79. The molecule has 1 aromatic rings. The Hall–Kier alpha value is -1.38. The Labute approximate surface area is 89.0 Å². The summed E-state index contributed by atoms with van der Waals surface area (Å²) in [7, 11) is 0.